The molecule has 0 aliphatic heterocycles. The first-order valence-corrected chi connectivity index (χ1v) is 5.55. The SMILES string of the molecule is CC(NCc1ccco1)(C(=O)O)c1ccccn1. The molecule has 0 radical (unpaired) electrons. The van der Waals surface area contributed by atoms with Crippen LogP contribution < -0.4 is 5.32 Å². The fourth-order valence-corrected chi connectivity index (χ4v) is 1.61. The number of pyridine rings is 1. The van der Waals surface area contributed by atoms with Gasteiger partial charge >= 0.3 is 5.97 Å². The van der Waals surface area contributed by atoms with Gasteiger partial charge in [-0.25, -0.2) is 4.79 Å². The van der Waals surface area contributed by atoms with E-state index in [2.05, 4.69) is 10.3 Å². The largest absolute Gasteiger partial charge is 0.480 e. The van der Waals surface area contributed by atoms with E-state index in [9.17, 15) is 9.90 Å². The van der Waals surface area contributed by atoms with Crippen LogP contribution in [-0.2, 0) is 16.9 Å². The minimum atomic E-state index is -1.24. The number of carbonyl (C=O) groups is 1. The summed E-state index contributed by atoms with van der Waals surface area (Å²) in [5, 5.41) is 12.3. The minimum Gasteiger partial charge on any atom is -0.480 e. The van der Waals surface area contributed by atoms with Crippen molar-refractivity contribution in [1.29, 1.82) is 0 Å². The number of hydrogen-bond acceptors (Lipinski definition) is 4. The molecule has 0 fully saturated rings. The lowest BCUT2D eigenvalue weighted by Crippen LogP contribution is -2.46. The molecule has 2 heterocycles. The summed E-state index contributed by atoms with van der Waals surface area (Å²) in [5.74, 6) is -0.300. The van der Waals surface area contributed by atoms with Crippen molar-refractivity contribution in [2.45, 2.75) is 19.0 Å². The first-order chi connectivity index (χ1) is 8.63. The van der Waals surface area contributed by atoms with Crippen LogP contribution in [0.15, 0.2) is 47.2 Å². The Morgan fingerprint density at radius 2 is 2.28 bits per heavy atom. The fourth-order valence-electron chi connectivity index (χ4n) is 1.61. The summed E-state index contributed by atoms with van der Waals surface area (Å²) in [6.07, 6.45) is 3.13. The lowest BCUT2D eigenvalue weighted by molar-refractivity contribution is -0.144. The third-order valence-electron chi connectivity index (χ3n) is 2.80. The van der Waals surface area contributed by atoms with Crippen molar-refractivity contribution in [2.24, 2.45) is 0 Å². The van der Waals surface area contributed by atoms with E-state index in [1.807, 2.05) is 0 Å². The Morgan fingerprint density at radius 3 is 2.83 bits per heavy atom. The van der Waals surface area contributed by atoms with Crippen LogP contribution in [0.1, 0.15) is 18.4 Å². The van der Waals surface area contributed by atoms with Crippen molar-refractivity contribution in [2.75, 3.05) is 0 Å². The first-order valence-electron chi connectivity index (χ1n) is 5.55. The van der Waals surface area contributed by atoms with Gasteiger partial charge in [-0.1, -0.05) is 6.07 Å². The monoisotopic (exact) mass is 246 g/mol. The number of nitrogens with one attached hydrogen (secondary N) is 1. The second kappa shape index (κ2) is 5.01. The lowest BCUT2D eigenvalue weighted by Gasteiger charge is -2.25. The molecule has 1 unspecified atom stereocenters. The van der Waals surface area contributed by atoms with Gasteiger partial charge in [-0.2, -0.15) is 0 Å². The van der Waals surface area contributed by atoms with Gasteiger partial charge in [0.2, 0.25) is 0 Å². The summed E-state index contributed by atoms with van der Waals surface area (Å²) < 4.78 is 5.17. The Hall–Kier alpha value is -2.14. The molecular weight excluding hydrogens is 232 g/mol. The van der Waals surface area contributed by atoms with E-state index in [0.717, 1.165) is 0 Å². The lowest BCUT2D eigenvalue weighted by atomic mass is 9.97. The molecule has 0 saturated heterocycles. The molecule has 0 aromatic carbocycles. The molecule has 0 amide bonds. The molecule has 1 atom stereocenters. The Bertz CT molecular complexity index is 510. The number of aliphatic carboxylic acids is 1. The third-order valence-corrected chi connectivity index (χ3v) is 2.80. The molecule has 2 aromatic rings. The van der Waals surface area contributed by atoms with E-state index in [0.29, 0.717) is 18.0 Å². The molecule has 5 heteroatoms. The smallest absolute Gasteiger partial charge is 0.329 e. The summed E-state index contributed by atoms with van der Waals surface area (Å²) in [6.45, 7) is 1.91. The first kappa shape index (κ1) is 12.3. The molecule has 2 N–H and O–H groups in total. The fraction of sp³-hybridized carbons (Fsp3) is 0.231. The van der Waals surface area contributed by atoms with Gasteiger partial charge < -0.3 is 9.52 Å². The predicted octanol–water partition coefficient (Wildman–Crippen LogP) is 1.76. The van der Waals surface area contributed by atoms with E-state index in [4.69, 9.17) is 4.42 Å². The average molecular weight is 246 g/mol. The summed E-state index contributed by atoms with van der Waals surface area (Å²) >= 11 is 0. The van der Waals surface area contributed by atoms with Gasteiger partial charge in [-0.15, -0.1) is 0 Å². The Morgan fingerprint density at radius 1 is 1.44 bits per heavy atom. The zero-order chi connectivity index (χ0) is 13.0. The highest BCUT2D eigenvalue weighted by atomic mass is 16.4. The van der Waals surface area contributed by atoms with E-state index >= 15 is 0 Å². The number of rotatable bonds is 5. The molecule has 2 rings (SSSR count). The van der Waals surface area contributed by atoms with Crippen molar-refractivity contribution in [3.63, 3.8) is 0 Å². The maximum absolute atomic E-state index is 11.4. The molecule has 0 saturated carbocycles. The summed E-state index contributed by atoms with van der Waals surface area (Å²) in [5.41, 5.74) is -0.780. The maximum Gasteiger partial charge on any atom is 0.329 e. The number of hydrogen-bond donors (Lipinski definition) is 2. The molecule has 0 aliphatic rings. The zero-order valence-corrected chi connectivity index (χ0v) is 9.96. The van der Waals surface area contributed by atoms with Crippen LogP contribution in [-0.4, -0.2) is 16.1 Å². The van der Waals surface area contributed by atoms with Crippen LogP contribution >= 0.6 is 0 Å². The highest BCUT2D eigenvalue weighted by Crippen LogP contribution is 2.19. The van der Waals surface area contributed by atoms with E-state index in [1.54, 1.807) is 49.7 Å². The van der Waals surface area contributed by atoms with E-state index in [1.165, 1.54) is 0 Å². The van der Waals surface area contributed by atoms with Crippen LogP contribution in [0, 0.1) is 0 Å². The van der Waals surface area contributed by atoms with Gasteiger partial charge in [0.05, 0.1) is 18.5 Å². The predicted molar refractivity (Wildman–Crippen MR) is 64.8 cm³/mol. The summed E-state index contributed by atoms with van der Waals surface area (Å²) in [6, 6.07) is 8.74. The van der Waals surface area contributed by atoms with E-state index in [-0.39, 0.29) is 0 Å². The molecule has 0 aliphatic carbocycles. The molecular formula is C13H14N2O3. The Kier molecular flexibility index (Phi) is 3.43. The van der Waals surface area contributed by atoms with Crippen molar-refractivity contribution in [3.8, 4) is 0 Å². The number of nitrogens with zero attached hydrogens (tertiary/aromatic N) is 1. The van der Waals surface area contributed by atoms with Gasteiger partial charge in [0.25, 0.3) is 0 Å². The van der Waals surface area contributed by atoms with E-state index < -0.39 is 11.5 Å². The molecule has 0 spiro atoms. The normalized spacial score (nSPS) is 14.1. The van der Waals surface area contributed by atoms with Crippen molar-refractivity contribution in [1.82, 2.24) is 10.3 Å². The van der Waals surface area contributed by atoms with Crippen LogP contribution in [0.4, 0.5) is 0 Å². The standard InChI is InChI=1S/C13H14N2O3/c1-13(12(16)17,11-6-2-3-7-14-11)15-9-10-5-4-8-18-10/h2-8,15H,9H2,1H3,(H,16,17). The number of aromatic nitrogens is 1. The van der Waals surface area contributed by atoms with Gasteiger partial charge in [0.15, 0.2) is 5.54 Å². The highest BCUT2D eigenvalue weighted by Gasteiger charge is 2.36. The van der Waals surface area contributed by atoms with Gasteiger partial charge in [-0.05, 0) is 31.2 Å². The zero-order valence-electron chi connectivity index (χ0n) is 9.96. The quantitative estimate of drug-likeness (QED) is 0.840. The summed E-state index contributed by atoms with van der Waals surface area (Å²) in [7, 11) is 0. The topological polar surface area (TPSA) is 75.4 Å². The van der Waals surface area contributed by atoms with Crippen LogP contribution in [0.3, 0.4) is 0 Å². The molecule has 94 valence electrons. The molecule has 2 aromatic heterocycles. The molecule has 0 bridgehead atoms. The Labute approximate surface area is 104 Å². The van der Waals surface area contributed by atoms with Gasteiger partial charge in [0, 0.05) is 6.20 Å². The number of furan rings is 1. The van der Waals surface area contributed by atoms with Crippen LogP contribution in [0.5, 0.6) is 0 Å². The third kappa shape index (κ3) is 2.41. The molecule has 5 nitrogen and oxygen atoms in total. The summed E-state index contributed by atoms with van der Waals surface area (Å²) in [4.78, 5) is 15.5. The van der Waals surface area contributed by atoms with Crippen LogP contribution in [0.25, 0.3) is 0 Å². The highest BCUT2D eigenvalue weighted by molar-refractivity contribution is 5.79. The van der Waals surface area contributed by atoms with Gasteiger partial charge in [-0.3, -0.25) is 10.3 Å². The van der Waals surface area contributed by atoms with Gasteiger partial charge in [0.1, 0.15) is 5.76 Å². The van der Waals surface area contributed by atoms with Crippen LogP contribution in [0.2, 0.25) is 0 Å². The number of carboxylic acid groups (broad SMARTS) is 1. The van der Waals surface area contributed by atoms with Crippen molar-refractivity contribution < 1.29 is 14.3 Å². The Balaban J connectivity index is 2.20. The second-order valence-electron chi connectivity index (χ2n) is 4.08. The maximum atomic E-state index is 11.4. The average Bonchev–Trinajstić information content (AvgIpc) is 2.90. The minimum absolute atomic E-state index is 0.326. The molecule has 18 heavy (non-hydrogen) atoms. The van der Waals surface area contributed by atoms with Crippen molar-refractivity contribution in [3.05, 3.63) is 54.2 Å². The number of carboxylic acids is 1. The second-order valence-corrected chi connectivity index (χ2v) is 4.08. The van der Waals surface area contributed by atoms with Crippen molar-refractivity contribution >= 4 is 5.97 Å².